The second kappa shape index (κ2) is 6.16. The van der Waals surface area contributed by atoms with Gasteiger partial charge in [0, 0.05) is 24.0 Å². The van der Waals surface area contributed by atoms with Crippen molar-refractivity contribution in [1.82, 2.24) is 10.3 Å². The molecule has 0 aliphatic carbocycles. The lowest BCUT2D eigenvalue weighted by atomic mass is 10.0. The lowest BCUT2D eigenvalue weighted by Gasteiger charge is -2.23. The molecule has 1 aliphatic rings. The van der Waals surface area contributed by atoms with Crippen molar-refractivity contribution in [2.24, 2.45) is 0 Å². The Labute approximate surface area is 133 Å². The fourth-order valence-corrected chi connectivity index (χ4v) is 4.46. The minimum absolute atomic E-state index is 0.0188. The van der Waals surface area contributed by atoms with Crippen molar-refractivity contribution >= 4 is 15.7 Å². The van der Waals surface area contributed by atoms with E-state index >= 15 is 0 Å². The third-order valence-electron chi connectivity index (χ3n) is 3.94. The Bertz CT molecular complexity index is 812. The molecule has 0 unspecified atom stereocenters. The van der Waals surface area contributed by atoms with Crippen LogP contribution in [0, 0.1) is 5.82 Å². The van der Waals surface area contributed by atoms with Crippen molar-refractivity contribution in [2.45, 2.75) is 18.9 Å². The molecule has 1 amide bonds. The quantitative estimate of drug-likeness (QED) is 0.901. The number of amides is 1. The van der Waals surface area contributed by atoms with Gasteiger partial charge in [-0.15, -0.1) is 0 Å². The topological polar surface area (TPSA) is 79.0 Å². The monoisotopic (exact) mass is 336 g/mol. The number of hydrogen-bond donors (Lipinski definition) is 2. The normalized spacial score (nSPS) is 20.1. The first kappa shape index (κ1) is 15.7. The summed E-state index contributed by atoms with van der Waals surface area (Å²) < 4.78 is 36.3. The summed E-state index contributed by atoms with van der Waals surface area (Å²) in [5.74, 6) is -0.505. The molecule has 3 rings (SSSR count). The number of rotatable bonds is 3. The summed E-state index contributed by atoms with van der Waals surface area (Å²) in [5.41, 5.74) is 1.79. The number of aromatic nitrogens is 1. The van der Waals surface area contributed by atoms with Crippen LogP contribution >= 0.6 is 0 Å². The molecule has 0 saturated carbocycles. The molecule has 1 aromatic carbocycles. The van der Waals surface area contributed by atoms with Gasteiger partial charge >= 0.3 is 0 Å². The van der Waals surface area contributed by atoms with E-state index in [1.807, 2.05) is 0 Å². The number of benzene rings is 1. The molecule has 23 heavy (non-hydrogen) atoms. The minimum Gasteiger partial charge on any atom is -0.366 e. The van der Waals surface area contributed by atoms with Crippen molar-refractivity contribution in [2.75, 3.05) is 11.5 Å². The number of sulfone groups is 1. The average Bonchev–Trinajstić information content (AvgIpc) is 2.96. The zero-order chi connectivity index (χ0) is 16.4. The summed E-state index contributed by atoms with van der Waals surface area (Å²) in [5, 5.41) is 2.79. The van der Waals surface area contributed by atoms with Crippen LogP contribution in [0.3, 0.4) is 0 Å². The Morgan fingerprint density at radius 1 is 1.22 bits per heavy atom. The summed E-state index contributed by atoms with van der Waals surface area (Å²) in [4.78, 5) is 15.3. The molecule has 1 aliphatic heterocycles. The van der Waals surface area contributed by atoms with Crippen LogP contribution in [0.1, 0.15) is 23.2 Å². The highest BCUT2D eigenvalue weighted by atomic mass is 32.2. The first-order valence-corrected chi connectivity index (χ1v) is 9.21. The largest absolute Gasteiger partial charge is 0.366 e. The second-order valence-electron chi connectivity index (χ2n) is 5.72. The maximum absolute atomic E-state index is 13.0. The number of carbonyl (C=O) groups is 1. The number of aromatic amines is 1. The maximum atomic E-state index is 13.0. The number of carbonyl (C=O) groups excluding carboxylic acids is 1. The molecular formula is C16H17FN2O3S. The third kappa shape index (κ3) is 3.61. The molecule has 0 spiro atoms. The highest BCUT2D eigenvalue weighted by Gasteiger charge is 2.27. The second-order valence-corrected chi connectivity index (χ2v) is 7.95. The molecule has 7 heteroatoms. The predicted octanol–water partition coefficient (Wildman–Crippen LogP) is 2.13. The Kier molecular flexibility index (Phi) is 4.21. The van der Waals surface area contributed by atoms with Crippen LogP contribution in [0.25, 0.3) is 11.1 Å². The Morgan fingerprint density at radius 3 is 2.65 bits per heavy atom. The van der Waals surface area contributed by atoms with Gasteiger partial charge in [0.15, 0.2) is 9.84 Å². The SMILES string of the molecule is O=C(N[C@@H]1CCCS(=O)(=O)C1)c1c[nH]cc1-c1ccc(F)cc1. The van der Waals surface area contributed by atoms with Gasteiger partial charge in [-0.3, -0.25) is 4.79 Å². The van der Waals surface area contributed by atoms with E-state index in [4.69, 9.17) is 0 Å². The van der Waals surface area contributed by atoms with E-state index in [2.05, 4.69) is 10.3 Å². The summed E-state index contributed by atoms with van der Waals surface area (Å²) in [6.45, 7) is 0. The lowest BCUT2D eigenvalue weighted by molar-refractivity contribution is 0.0939. The van der Waals surface area contributed by atoms with Gasteiger partial charge in [0.05, 0.1) is 17.1 Å². The fraction of sp³-hybridized carbons (Fsp3) is 0.312. The molecule has 1 atom stereocenters. The Hall–Kier alpha value is -2.15. The van der Waals surface area contributed by atoms with Gasteiger partial charge in [0.1, 0.15) is 5.82 Å². The summed E-state index contributed by atoms with van der Waals surface area (Å²) in [7, 11) is -3.08. The van der Waals surface area contributed by atoms with Gasteiger partial charge in [0.2, 0.25) is 0 Å². The number of nitrogens with one attached hydrogen (secondary N) is 2. The molecule has 1 aromatic heterocycles. The van der Waals surface area contributed by atoms with Crippen LogP contribution in [-0.4, -0.2) is 36.9 Å². The van der Waals surface area contributed by atoms with Crippen molar-refractivity contribution in [3.05, 3.63) is 48.0 Å². The summed E-state index contributed by atoms with van der Waals surface area (Å²) in [6.07, 6.45) is 4.44. The van der Waals surface area contributed by atoms with Crippen LogP contribution in [0.15, 0.2) is 36.7 Å². The van der Waals surface area contributed by atoms with Crippen molar-refractivity contribution in [1.29, 1.82) is 0 Å². The molecule has 2 N–H and O–H groups in total. The van der Waals surface area contributed by atoms with E-state index in [0.717, 1.165) is 0 Å². The van der Waals surface area contributed by atoms with E-state index < -0.39 is 9.84 Å². The maximum Gasteiger partial charge on any atom is 0.253 e. The molecule has 0 radical (unpaired) electrons. The molecule has 2 aromatic rings. The summed E-state index contributed by atoms with van der Waals surface area (Å²) in [6, 6.07) is 5.49. The lowest BCUT2D eigenvalue weighted by Crippen LogP contribution is -2.43. The van der Waals surface area contributed by atoms with Crippen molar-refractivity contribution in [3.63, 3.8) is 0 Å². The van der Waals surface area contributed by atoms with Crippen LogP contribution in [0.4, 0.5) is 4.39 Å². The van der Waals surface area contributed by atoms with Crippen LogP contribution in [0.2, 0.25) is 0 Å². The van der Waals surface area contributed by atoms with Crippen molar-refractivity contribution in [3.8, 4) is 11.1 Å². The standard InChI is InChI=1S/C16H17FN2O3S/c17-12-5-3-11(4-6-12)14-8-18-9-15(14)16(20)19-13-2-1-7-23(21,22)10-13/h3-6,8-9,13,18H,1-2,7,10H2,(H,19,20)/t13-/m1/s1. The van der Waals surface area contributed by atoms with Gasteiger partial charge in [0.25, 0.3) is 5.91 Å². The first-order valence-electron chi connectivity index (χ1n) is 7.39. The molecule has 1 fully saturated rings. The van der Waals surface area contributed by atoms with E-state index in [1.165, 1.54) is 12.1 Å². The molecular weight excluding hydrogens is 319 g/mol. The zero-order valence-electron chi connectivity index (χ0n) is 12.4. The Balaban J connectivity index is 1.78. The van der Waals surface area contributed by atoms with Gasteiger partial charge in [-0.1, -0.05) is 12.1 Å². The highest BCUT2D eigenvalue weighted by molar-refractivity contribution is 7.91. The van der Waals surface area contributed by atoms with Crippen molar-refractivity contribution < 1.29 is 17.6 Å². The van der Waals surface area contributed by atoms with Gasteiger partial charge in [-0.05, 0) is 30.5 Å². The average molecular weight is 336 g/mol. The highest BCUT2D eigenvalue weighted by Crippen LogP contribution is 2.24. The van der Waals surface area contributed by atoms with E-state index in [0.29, 0.717) is 29.5 Å². The van der Waals surface area contributed by atoms with Crippen LogP contribution in [0.5, 0.6) is 0 Å². The third-order valence-corrected chi connectivity index (χ3v) is 5.76. The number of H-pyrrole nitrogens is 1. The first-order chi connectivity index (χ1) is 10.9. The van der Waals surface area contributed by atoms with Crippen LogP contribution < -0.4 is 5.32 Å². The summed E-state index contributed by atoms with van der Waals surface area (Å²) >= 11 is 0. The Morgan fingerprint density at radius 2 is 1.96 bits per heavy atom. The molecule has 5 nitrogen and oxygen atoms in total. The minimum atomic E-state index is -3.08. The predicted molar refractivity (Wildman–Crippen MR) is 85.3 cm³/mol. The van der Waals surface area contributed by atoms with Gasteiger partial charge in [-0.25, -0.2) is 12.8 Å². The smallest absolute Gasteiger partial charge is 0.253 e. The van der Waals surface area contributed by atoms with Gasteiger partial charge < -0.3 is 10.3 Å². The van der Waals surface area contributed by atoms with E-state index in [9.17, 15) is 17.6 Å². The fourth-order valence-electron chi connectivity index (χ4n) is 2.82. The molecule has 2 heterocycles. The van der Waals surface area contributed by atoms with E-state index in [1.54, 1.807) is 24.5 Å². The molecule has 122 valence electrons. The molecule has 0 bridgehead atoms. The zero-order valence-corrected chi connectivity index (χ0v) is 13.2. The van der Waals surface area contributed by atoms with Gasteiger partial charge in [-0.2, -0.15) is 0 Å². The van der Waals surface area contributed by atoms with E-state index in [-0.39, 0.29) is 29.3 Å². The molecule has 1 saturated heterocycles. The van der Waals surface area contributed by atoms with Crippen LogP contribution in [-0.2, 0) is 9.84 Å². The number of halogens is 1. The number of hydrogen-bond acceptors (Lipinski definition) is 3.